The summed E-state index contributed by atoms with van der Waals surface area (Å²) in [4.78, 5) is 28.7. The molecule has 1 saturated carbocycles. The quantitative estimate of drug-likeness (QED) is 0.873. The fourth-order valence-electron chi connectivity index (χ4n) is 3.76. The van der Waals surface area contributed by atoms with E-state index >= 15 is 0 Å². The normalized spacial score (nSPS) is 22.1. The lowest BCUT2D eigenvalue weighted by Gasteiger charge is -2.37. The molecule has 0 atom stereocenters. The molecule has 2 fully saturated rings. The number of amides is 1. The molecule has 7 heteroatoms. The van der Waals surface area contributed by atoms with Crippen LogP contribution in [0.15, 0.2) is 4.79 Å². The summed E-state index contributed by atoms with van der Waals surface area (Å²) in [6.45, 7) is 3.94. The number of hydrogen-bond acceptors (Lipinski definition) is 4. The molecule has 1 amide bonds. The van der Waals surface area contributed by atoms with Gasteiger partial charge in [0, 0.05) is 25.6 Å². The van der Waals surface area contributed by atoms with Gasteiger partial charge >= 0.3 is 5.69 Å². The number of piperidine rings is 1. The highest BCUT2D eigenvalue weighted by molar-refractivity contribution is 5.85. The maximum Gasteiger partial charge on any atom is 0.340 e. The van der Waals surface area contributed by atoms with Crippen LogP contribution in [0.25, 0.3) is 0 Å². The van der Waals surface area contributed by atoms with Crippen LogP contribution in [0.5, 0.6) is 0 Å². The van der Waals surface area contributed by atoms with Crippen LogP contribution < -0.4 is 5.69 Å². The summed E-state index contributed by atoms with van der Waals surface area (Å²) in [5, 5.41) is 6.41. The molecule has 0 spiro atoms. The predicted molar refractivity (Wildman–Crippen MR) is 80.6 cm³/mol. The minimum atomic E-state index is -0.581. The van der Waals surface area contributed by atoms with Gasteiger partial charge in [0.25, 0.3) is 5.91 Å². The van der Waals surface area contributed by atoms with E-state index in [-0.39, 0.29) is 17.5 Å². The van der Waals surface area contributed by atoms with E-state index in [1.807, 2.05) is 11.8 Å². The third-order valence-corrected chi connectivity index (χ3v) is 4.91. The van der Waals surface area contributed by atoms with Gasteiger partial charge in [-0.25, -0.2) is 9.89 Å². The Bertz CT molecular complexity index is 565. The first-order chi connectivity index (χ1) is 10.6. The van der Waals surface area contributed by atoms with Gasteiger partial charge in [0.1, 0.15) is 11.4 Å². The van der Waals surface area contributed by atoms with Crippen LogP contribution in [0.2, 0.25) is 0 Å². The lowest BCUT2D eigenvalue weighted by atomic mass is 9.93. The SMILES string of the molecule is CCOC1(C(=O)N2CCC(c3n[nH]c(=O)[nH]3)CC2)CCCC1. The van der Waals surface area contributed by atoms with Gasteiger partial charge in [0.15, 0.2) is 0 Å². The Balaban J connectivity index is 1.63. The lowest BCUT2D eigenvalue weighted by molar-refractivity contribution is -0.158. The molecule has 2 aliphatic rings. The van der Waals surface area contributed by atoms with Crippen molar-refractivity contribution in [3.63, 3.8) is 0 Å². The molecule has 0 unspecified atom stereocenters. The summed E-state index contributed by atoms with van der Waals surface area (Å²) in [5.41, 5.74) is -0.850. The van der Waals surface area contributed by atoms with Gasteiger partial charge < -0.3 is 9.64 Å². The van der Waals surface area contributed by atoms with Crippen molar-refractivity contribution in [2.45, 2.75) is 57.0 Å². The first kappa shape index (κ1) is 15.3. The van der Waals surface area contributed by atoms with Gasteiger partial charge in [-0.05, 0) is 45.4 Å². The molecule has 0 aromatic carbocycles. The topological polar surface area (TPSA) is 91.1 Å². The number of hydrogen-bond donors (Lipinski definition) is 2. The molecule has 0 radical (unpaired) electrons. The molecule has 2 heterocycles. The molecule has 1 aromatic heterocycles. The number of aromatic amines is 2. The van der Waals surface area contributed by atoms with Crippen LogP contribution in [-0.4, -0.2) is 51.3 Å². The van der Waals surface area contributed by atoms with E-state index in [2.05, 4.69) is 15.2 Å². The second-order valence-corrected chi connectivity index (χ2v) is 6.26. The summed E-state index contributed by atoms with van der Waals surface area (Å²) >= 11 is 0. The van der Waals surface area contributed by atoms with Gasteiger partial charge in [-0.15, -0.1) is 0 Å². The number of carbonyl (C=O) groups excluding carboxylic acids is 1. The predicted octanol–water partition coefficient (Wildman–Crippen LogP) is 1.15. The first-order valence-corrected chi connectivity index (χ1v) is 8.22. The summed E-state index contributed by atoms with van der Waals surface area (Å²) in [6.07, 6.45) is 5.47. The van der Waals surface area contributed by atoms with Crippen molar-refractivity contribution in [2.75, 3.05) is 19.7 Å². The van der Waals surface area contributed by atoms with Gasteiger partial charge in [-0.3, -0.25) is 9.78 Å². The lowest BCUT2D eigenvalue weighted by Crippen LogP contribution is -2.51. The third kappa shape index (κ3) is 2.82. The number of rotatable bonds is 4. The molecule has 7 nitrogen and oxygen atoms in total. The highest BCUT2D eigenvalue weighted by Crippen LogP contribution is 2.36. The minimum Gasteiger partial charge on any atom is -0.365 e. The number of ether oxygens (including phenoxy) is 1. The molecular formula is C15H24N4O3. The molecule has 122 valence electrons. The highest BCUT2D eigenvalue weighted by atomic mass is 16.5. The van der Waals surface area contributed by atoms with E-state index in [0.717, 1.165) is 38.5 Å². The summed E-state index contributed by atoms with van der Waals surface area (Å²) in [7, 11) is 0. The molecule has 1 saturated heterocycles. The van der Waals surface area contributed by atoms with E-state index in [9.17, 15) is 9.59 Å². The zero-order valence-electron chi connectivity index (χ0n) is 13.1. The van der Waals surface area contributed by atoms with Crippen LogP contribution in [0, 0.1) is 0 Å². The first-order valence-electron chi connectivity index (χ1n) is 8.22. The van der Waals surface area contributed by atoms with Gasteiger partial charge in [-0.2, -0.15) is 5.10 Å². The summed E-state index contributed by atoms with van der Waals surface area (Å²) in [6, 6.07) is 0. The molecule has 1 aromatic rings. The minimum absolute atomic E-state index is 0.154. The van der Waals surface area contributed by atoms with Crippen molar-refractivity contribution in [1.82, 2.24) is 20.1 Å². The molecular weight excluding hydrogens is 284 g/mol. The van der Waals surface area contributed by atoms with Crippen molar-refractivity contribution < 1.29 is 9.53 Å². The van der Waals surface area contributed by atoms with Crippen LogP contribution in [-0.2, 0) is 9.53 Å². The average Bonchev–Trinajstić information content (AvgIpc) is 3.17. The van der Waals surface area contributed by atoms with Crippen LogP contribution in [0.1, 0.15) is 57.2 Å². The Morgan fingerprint density at radius 1 is 1.36 bits per heavy atom. The van der Waals surface area contributed by atoms with Crippen molar-refractivity contribution in [3.05, 3.63) is 16.3 Å². The number of carbonyl (C=O) groups is 1. The van der Waals surface area contributed by atoms with E-state index in [4.69, 9.17) is 4.74 Å². The molecule has 3 rings (SSSR count). The maximum atomic E-state index is 12.9. The Labute approximate surface area is 129 Å². The summed E-state index contributed by atoms with van der Waals surface area (Å²) in [5.74, 6) is 1.08. The smallest absolute Gasteiger partial charge is 0.340 e. The Hall–Kier alpha value is -1.63. The van der Waals surface area contributed by atoms with Crippen molar-refractivity contribution in [1.29, 1.82) is 0 Å². The second kappa shape index (κ2) is 6.24. The van der Waals surface area contributed by atoms with E-state index in [1.54, 1.807) is 0 Å². The molecule has 1 aliphatic heterocycles. The average molecular weight is 308 g/mol. The fourth-order valence-corrected chi connectivity index (χ4v) is 3.76. The number of nitrogens with zero attached hydrogens (tertiary/aromatic N) is 2. The highest BCUT2D eigenvalue weighted by Gasteiger charge is 2.45. The largest absolute Gasteiger partial charge is 0.365 e. The van der Waals surface area contributed by atoms with Crippen molar-refractivity contribution >= 4 is 5.91 Å². The number of aromatic nitrogens is 3. The monoisotopic (exact) mass is 308 g/mol. The van der Waals surface area contributed by atoms with Crippen molar-refractivity contribution in [3.8, 4) is 0 Å². The zero-order valence-corrected chi connectivity index (χ0v) is 13.1. The van der Waals surface area contributed by atoms with E-state index in [1.165, 1.54) is 0 Å². The van der Waals surface area contributed by atoms with Crippen LogP contribution in [0.4, 0.5) is 0 Å². The Morgan fingerprint density at radius 2 is 2.05 bits per heavy atom. The number of likely N-dealkylation sites (tertiary alicyclic amines) is 1. The Morgan fingerprint density at radius 3 is 2.59 bits per heavy atom. The molecule has 1 aliphatic carbocycles. The summed E-state index contributed by atoms with van der Waals surface area (Å²) < 4.78 is 5.86. The van der Waals surface area contributed by atoms with Crippen molar-refractivity contribution in [2.24, 2.45) is 0 Å². The molecule has 2 N–H and O–H groups in total. The Kier molecular flexibility index (Phi) is 4.33. The zero-order chi connectivity index (χ0) is 15.6. The standard InChI is InChI=1S/C15H24N4O3/c1-2-22-15(7-3-4-8-15)13(20)19-9-5-11(6-10-19)12-16-14(21)18-17-12/h11H,2-10H2,1H3,(H2,16,17,18,21). The van der Waals surface area contributed by atoms with Crippen LogP contribution >= 0.6 is 0 Å². The fraction of sp³-hybridized carbons (Fsp3) is 0.800. The van der Waals surface area contributed by atoms with Crippen LogP contribution in [0.3, 0.4) is 0 Å². The van der Waals surface area contributed by atoms with E-state index in [0.29, 0.717) is 25.5 Å². The molecule has 0 bridgehead atoms. The number of H-pyrrole nitrogens is 2. The second-order valence-electron chi connectivity index (χ2n) is 6.26. The van der Waals surface area contributed by atoms with E-state index < -0.39 is 5.60 Å². The van der Waals surface area contributed by atoms with Gasteiger partial charge in [-0.1, -0.05) is 0 Å². The molecule has 22 heavy (non-hydrogen) atoms. The van der Waals surface area contributed by atoms with Gasteiger partial charge in [0.05, 0.1) is 0 Å². The van der Waals surface area contributed by atoms with Gasteiger partial charge in [0.2, 0.25) is 0 Å². The maximum absolute atomic E-state index is 12.9. The third-order valence-electron chi connectivity index (χ3n) is 4.91. The number of nitrogens with one attached hydrogen (secondary N) is 2.